The molecular formula is C20H14ClN3O2. The highest BCUT2D eigenvalue weighted by Gasteiger charge is 2.35. The molecule has 0 saturated carbocycles. The molecule has 0 radical (unpaired) electrons. The van der Waals surface area contributed by atoms with Crippen molar-refractivity contribution in [1.82, 2.24) is 0 Å². The van der Waals surface area contributed by atoms with E-state index in [4.69, 9.17) is 11.6 Å². The number of nitrogens with zero attached hydrogens (tertiary/aromatic N) is 3. The Kier molecular flexibility index (Phi) is 4.67. The lowest BCUT2D eigenvalue weighted by molar-refractivity contribution is 0.474. The molecule has 3 rings (SSSR count). The van der Waals surface area contributed by atoms with Gasteiger partial charge in [0.05, 0.1) is 34.3 Å². The minimum Gasteiger partial charge on any atom is -0.508 e. The van der Waals surface area contributed by atoms with Crippen LogP contribution in [0.2, 0.25) is 5.02 Å². The van der Waals surface area contributed by atoms with Crippen LogP contribution >= 0.6 is 11.6 Å². The van der Waals surface area contributed by atoms with Crippen LogP contribution in [-0.4, -0.2) is 15.9 Å². The highest BCUT2D eigenvalue weighted by molar-refractivity contribution is 6.32. The maximum atomic E-state index is 9.82. The van der Waals surface area contributed by atoms with E-state index in [0.29, 0.717) is 28.1 Å². The molecule has 2 unspecified atom stereocenters. The second-order valence-corrected chi connectivity index (χ2v) is 6.38. The Labute approximate surface area is 155 Å². The fraction of sp³-hybridized carbons (Fsp3) is 0.150. The van der Waals surface area contributed by atoms with Gasteiger partial charge in [-0.15, -0.1) is 0 Å². The van der Waals surface area contributed by atoms with E-state index < -0.39 is 11.8 Å². The highest BCUT2D eigenvalue weighted by atomic mass is 35.5. The number of halogens is 1. The maximum Gasteiger partial charge on any atom is 0.134 e. The fourth-order valence-electron chi connectivity index (χ4n) is 3.10. The predicted octanol–water partition coefficient (Wildman–Crippen LogP) is 4.38. The van der Waals surface area contributed by atoms with Crippen molar-refractivity contribution in [3.05, 3.63) is 64.2 Å². The number of benzene rings is 2. The molecule has 0 bridgehead atoms. The Morgan fingerprint density at radius 1 is 1.12 bits per heavy atom. The van der Waals surface area contributed by atoms with E-state index in [1.165, 1.54) is 18.2 Å². The molecule has 128 valence electrons. The topological polar surface area (TPSA) is 100 Å². The average molecular weight is 364 g/mol. The summed E-state index contributed by atoms with van der Waals surface area (Å²) >= 11 is 6.03. The zero-order chi connectivity index (χ0) is 18.8. The Bertz CT molecular complexity index is 1030. The molecule has 0 aliphatic carbocycles. The fourth-order valence-corrected chi connectivity index (χ4v) is 3.29. The number of phenols is 2. The Morgan fingerprint density at radius 3 is 2.50 bits per heavy atom. The van der Waals surface area contributed by atoms with Crippen LogP contribution in [0.1, 0.15) is 24.0 Å². The van der Waals surface area contributed by atoms with Crippen molar-refractivity contribution in [2.75, 3.05) is 0 Å². The van der Waals surface area contributed by atoms with Gasteiger partial charge in [0.2, 0.25) is 0 Å². The highest BCUT2D eigenvalue weighted by Crippen LogP contribution is 2.43. The molecule has 2 N–H and O–H groups in total. The van der Waals surface area contributed by atoms with Crippen LogP contribution < -0.4 is 0 Å². The third-order valence-corrected chi connectivity index (χ3v) is 4.65. The van der Waals surface area contributed by atoms with Crippen LogP contribution in [0.15, 0.2) is 53.0 Å². The lowest BCUT2D eigenvalue weighted by atomic mass is 9.76. The molecule has 2 aromatic rings. The van der Waals surface area contributed by atoms with Crippen molar-refractivity contribution in [3.8, 4) is 23.6 Å². The van der Waals surface area contributed by atoms with Crippen molar-refractivity contribution < 1.29 is 10.2 Å². The molecule has 2 atom stereocenters. The van der Waals surface area contributed by atoms with Gasteiger partial charge < -0.3 is 10.2 Å². The van der Waals surface area contributed by atoms with Gasteiger partial charge in [-0.3, -0.25) is 4.99 Å². The maximum absolute atomic E-state index is 9.82. The third-order valence-electron chi connectivity index (χ3n) is 4.35. The number of rotatable bonds is 2. The van der Waals surface area contributed by atoms with Gasteiger partial charge in [0, 0.05) is 17.2 Å². The van der Waals surface area contributed by atoms with Crippen LogP contribution in [-0.2, 0) is 0 Å². The van der Waals surface area contributed by atoms with Crippen molar-refractivity contribution in [2.24, 2.45) is 10.9 Å². The first-order chi connectivity index (χ1) is 12.5. The first-order valence-electron chi connectivity index (χ1n) is 7.83. The summed E-state index contributed by atoms with van der Waals surface area (Å²) in [5.41, 5.74) is 2.53. The van der Waals surface area contributed by atoms with Crippen molar-refractivity contribution in [1.29, 1.82) is 10.5 Å². The van der Waals surface area contributed by atoms with E-state index in [-0.39, 0.29) is 16.5 Å². The van der Waals surface area contributed by atoms with E-state index >= 15 is 0 Å². The number of aliphatic imine (C=N–C) groups is 1. The molecule has 2 aromatic carbocycles. The molecule has 0 fully saturated rings. The van der Waals surface area contributed by atoms with Crippen LogP contribution in [0.3, 0.4) is 0 Å². The molecule has 5 nitrogen and oxygen atoms in total. The molecule has 6 heteroatoms. The summed E-state index contributed by atoms with van der Waals surface area (Å²) in [5, 5.41) is 39.1. The monoisotopic (exact) mass is 363 g/mol. The quantitative estimate of drug-likeness (QED) is 0.826. The molecule has 0 spiro atoms. The summed E-state index contributed by atoms with van der Waals surface area (Å²) in [6.07, 6.45) is 0. The first-order valence-corrected chi connectivity index (χ1v) is 8.21. The van der Waals surface area contributed by atoms with E-state index in [0.717, 1.165) is 0 Å². The Balaban J connectivity index is 2.26. The number of allylic oxidation sites excluding steroid dienone is 1. The van der Waals surface area contributed by atoms with Crippen LogP contribution in [0, 0.1) is 28.6 Å². The van der Waals surface area contributed by atoms with E-state index in [9.17, 15) is 20.7 Å². The zero-order valence-electron chi connectivity index (χ0n) is 13.8. The second-order valence-electron chi connectivity index (χ2n) is 5.97. The van der Waals surface area contributed by atoms with Gasteiger partial charge >= 0.3 is 0 Å². The number of aromatic hydroxyl groups is 2. The smallest absolute Gasteiger partial charge is 0.134 e. The first kappa shape index (κ1) is 17.5. The predicted molar refractivity (Wildman–Crippen MR) is 98.7 cm³/mol. The summed E-state index contributed by atoms with van der Waals surface area (Å²) < 4.78 is 0. The van der Waals surface area contributed by atoms with Crippen LogP contribution in [0.5, 0.6) is 11.5 Å². The molecule has 1 heterocycles. The second kappa shape index (κ2) is 6.92. The van der Waals surface area contributed by atoms with Crippen LogP contribution in [0.4, 0.5) is 0 Å². The van der Waals surface area contributed by atoms with E-state index in [1.54, 1.807) is 31.2 Å². The minimum absolute atomic E-state index is 0.0618. The molecule has 1 aliphatic rings. The number of hydrogen-bond donors (Lipinski definition) is 2. The Hall–Kier alpha value is -3.28. The van der Waals surface area contributed by atoms with Gasteiger partial charge in [-0.1, -0.05) is 29.8 Å². The zero-order valence-corrected chi connectivity index (χ0v) is 14.6. The molecular weight excluding hydrogens is 350 g/mol. The van der Waals surface area contributed by atoms with Gasteiger partial charge in [0.25, 0.3) is 0 Å². The van der Waals surface area contributed by atoms with Gasteiger partial charge in [-0.25, -0.2) is 0 Å². The van der Waals surface area contributed by atoms with Gasteiger partial charge in [0.15, 0.2) is 0 Å². The molecule has 0 saturated heterocycles. The lowest BCUT2D eigenvalue weighted by Gasteiger charge is -2.28. The normalized spacial score (nSPS) is 19.5. The van der Waals surface area contributed by atoms with Gasteiger partial charge in [0.1, 0.15) is 11.5 Å². The molecule has 0 aromatic heterocycles. The third kappa shape index (κ3) is 3.01. The number of nitriles is 2. The largest absolute Gasteiger partial charge is 0.508 e. The number of phenolic OH excluding ortho intramolecular Hbond substituents is 2. The molecule has 0 amide bonds. The minimum atomic E-state index is -0.633. The Morgan fingerprint density at radius 2 is 1.88 bits per heavy atom. The molecule has 26 heavy (non-hydrogen) atoms. The van der Waals surface area contributed by atoms with Crippen LogP contribution in [0.25, 0.3) is 5.70 Å². The number of hydrogen-bond acceptors (Lipinski definition) is 5. The summed E-state index contributed by atoms with van der Waals surface area (Å²) in [5.74, 6) is -1.21. The summed E-state index contributed by atoms with van der Waals surface area (Å²) in [7, 11) is 0. The van der Waals surface area contributed by atoms with E-state index in [1.807, 2.05) is 0 Å². The standard InChI is InChI=1S/C20H14ClN3O2/c1-11-15(9-22)19(12-5-6-18(26)17(21)8-12)16(10-23)20(24-11)13-3-2-4-14(25)7-13/h2-8,15,19,25-26H,1H3. The van der Waals surface area contributed by atoms with Gasteiger partial charge in [-0.2, -0.15) is 10.5 Å². The average Bonchev–Trinajstić information content (AvgIpc) is 2.63. The molecule has 1 aliphatic heterocycles. The SMILES string of the molecule is CC1=NC(c2cccc(O)c2)=C(C#N)C(c2ccc(O)c(Cl)c2)C1C#N. The van der Waals surface area contributed by atoms with Crippen molar-refractivity contribution in [2.45, 2.75) is 12.8 Å². The lowest BCUT2D eigenvalue weighted by Crippen LogP contribution is -2.25. The summed E-state index contributed by atoms with van der Waals surface area (Å²) in [4.78, 5) is 4.47. The van der Waals surface area contributed by atoms with Crippen molar-refractivity contribution in [3.63, 3.8) is 0 Å². The summed E-state index contributed by atoms with van der Waals surface area (Å²) in [6, 6.07) is 15.5. The van der Waals surface area contributed by atoms with Crippen molar-refractivity contribution >= 4 is 23.0 Å². The van der Waals surface area contributed by atoms with E-state index in [2.05, 4.69) is 17.1 Å². The van der Waals surface area contributed by atoms with Gasteiger partial charge in [-0.05, 0) is 36.8 Å². The summed E-state index contributed by atoms with van der Waals surface area (Å²) in [6.45, 7) is 1.74.